The summed E-state index contributed by atoms with van der Waals surface area (Å²) in [7, 11) is 0. The van der Waals surface area contributed by atoms with Crippen LogP contribution in [0, 0.1) is 0 Å². The van der Waals surface area contributed by atoms with Gasteiger partial charge >= 0.3 is 5.97 Å². The van der Waals surface area contributed by atoms with E-state index in [1.54, 1.807) is 0 Å². The maximum absolute atomic E-state index is 12.5. The minimum Gasteiger partial charge on any atom is -0.466 e. The highest BCUT2D eigenvalue weighted by atomic mass is 16.5. The van der Waals surface area contributed by atoms with Crippen molar-refractivity contribution < 1.29 is 24.5 Å². The van der Waals surface area contributed by atoms with Crippen LogP contribution in [0.4, 0.5) is 0 Å². The number of allylic oxidation sites excluding steroid dienone is 2. The molecule has 6 nitrogen and oxygen atoms in total. The second-order valence-corrected chi connectivity index (χ2v) is 22.1. The molecule has 0 saturated carbocycles. The van der Waals surface area contributed by atoms with Gasteiger partial charge in [-0.15, -0.1) is 0 Å². The van der Waals surface area contributed by atoms with Gasteiger partial charge in [-0.2, -0.15) is 0 Å². The molecule has 2 atom stereocenters. The number of esters is 1. The fourth-order valence-corrected chi connectivity index (χ4v) is 10.2. The average Bonchev–Trinajstić information content (AvgIpc) is 3.36. The highest BCUT2D eigenvalue weighted by Crippen LogP contribution is 2.18. The lowest BCUT2D eigenvalue weighted by Gasteiger charge is -2.22. The molecule has 0 aromatic rings. The number of aliphatic hydroxyl groups is 2. The van der Waals surface area contributed by atoms with Crippen molar-refractivity contribution >= 4 is 11.9 Å². The summed E-state index contributed by atoms with van der Waals surface area (Å²) in [5.74, 6) is -0.0424. The van der Waals surface area contributed by atoms with Crippen LogP contribution in [0.15, 0.2) is 12.2 Å². The minimum atomic E-state index is -0.670. The zero-order valence-corrected chi connectivity index (χ0v) is 47.5. The summed E-state index contributed by atoms with van der Waals surface area (Å²) in [6, 6.07) is -0.547. The Bertz CT molecular complexity index is 1050. The lowest BCUT2D eigenvalue weighted by molar-refractivity contribution is -0.143. The molecule has 0 heterocycles. The number of unbranched alkanes of at least 4 members (excludes halogenated alkanes) is 47. The molecule has 0 aromatic heterocycles. The second-order valence-electron chi connectivity index (χ2n) is 22.1. The van der Waals surface area contributed by atoms with Crippen molar-refractivity contribution in [3.8, 4) is 0 Å². The summed E-state index contributed by atoms with van der Waals surface area (Å²) in [4.78, 5) is 24.6. The maximum atomic E-state index is 12.5. The van der Waals surface area contributed by atoms with Gasteiger partial charge < -0.3 is 20.3 Å². The van der Waals surface area contributed by atoms with Gasteiger partial charge in [-0.3, -0.25) is 9.59 Å². The van der Waals surface area contributed by atoms with E-state index in [0.29, 0.717) is 25.9 Å². The molecule has 0 spiro atoms. The van der Waals surface area contributed by atoms with Crippen molar-refractivity contribution in [1.82, 2.24) is 5.32 Å². The lowest BCUT2D eigenvalue weighted by Crippen LogP contribution is -2.45. The summed E-state index contributed by atoms with van der Waals surface area (Å²) >= 11 is 0. The van der Waals surface area contributed by atoms with E-state index in [2.05, 4.69) is 31.3 Å². The number of amides is 1. The van der Waals surface area contributed by atoms with Crippen molar-refractivity contribution in [2.24, 2.45) is 0 Å². The maximum Gasteiger partial charge on any atom is 0.305 e. The SMILES string of the molecule is CCCCCC/C=C\CCCCCCCC(=O)OCCCCCCCCCCCCCCCCCCC(=O)NC(CO)C(O)CCCCCCCCCCCCCCCCCCCCCCCCCC. The van der Waals surface area contributed by atoms with E-state index in [0.717, 1.165) is 44.9 Å². The molecule has 0 fully saturated rings. The molecule has 1 amide bonds. The zero-order chi connectivity index (χ0) is 50.7. The van der Waals surface area contributed by atoms with Crippen molar-refractivity contribution in [2.75, 3.05) is 13.2 Å². The van der Waals surface area contributed by atoms with Crippen LogP contribution in [0.2, 0.25) is 0 Å². The van der Waals surface area contributed by atoms with Gasteiger partial charge in [0.25, 0.3) is 0 Å². The van der Waals surface area contributed by atoms with E-state index >= 15 is 0 Å². The molecule has 0 radical (unpaired) electrons. The molecule has 0 bridgehead atoms. The van der Waals surface area contributed by atoms with E-state index in [9.17, 15) is 19.8 Å². The van der Waals surface area contributed by atoms with E-state index < -0.39 is 12.1 Å². The first-order valence-electron chi connectivity index (χ1n) is 31.9. The number of hydrogen-bond acceptors (Lipinski definition) is 5. The third kappa shape index (κ3) is 55.9. The Kier molecular flexibility index (Phi) is 59.0. The topological polar surface area (TPSA) is 95.9 Å². The molecule has 2 unspecified atom stereocenters. The molecule has 0 aromatic carbocycles. The molecule has 0 aliphatic rings. The quantitative estimate of drug-likeness (QED) is 0.0321. The van der Waals surface area contributed by atoms with Gasteiger partial charge in [0.05, 0.1) is 25.4 Å². The summed E-state index contributed by atoms with van der Waals surface area (Å²) in [6.07, 6.45) is 72.2. The number of rotatable bonds is 60. The fourth-order valence-electron chi connectivity index (χ4n) is 10.2. The van der Waals surface area contributed by atoms with Gasteiger partial charge in [-0.1, -0.05) is 309 Å². The highest BCUT2D eigenvalue weighted by Gasteiger charge is 2.20. The monoisotopic (exact) mass is 988 g/mol. The standard InChI is InChI=1S/C64H125NO5/c1-3-5-7-9-11-13-15-17-18-19-20-21-22-23-24-25-26-29-33-36-40-44-48-52-56-62(67)61(60-66)65-63(68)57-53-49-45-41-37-34-30-27-28-31-35-39-43-47-51-55-59-70-64(69)58-54-50-46-42-38-32-16-14-12-10-8-6-4-2/h14,16,61-62,66-67H,3-13,15,17-60H2,1-2H3,(H,65,68)/b16-14-. The second kappa shape index (κ2) is 60.2. The molecule has 0 saturated heterocycles. The largest absolute Gasteiger partial charge is 0.466 e. The van der Waals surface area contributed by atoms with Gasteiger partial charge in [0.1, 0.15) is 0 Å². The summed E-state index contributed by atoms with van der Waals surface area (Å²) < 4.78 is 5.47. The summed E-state index contributed by atoms with van der Waals surface area (Å²) in [5, 5.41) is 23.4. The van der Waals surface area contributed by atoms with Crippen molar-refractivity contribution in [3.63, 3.8) is 0 Å². The van der Waals surface area contributed by atoms with Gasteiger partial charge in [0.15, 0.2) is 0 Å². The predicted molar refractivity (Wildman–Crippen MR) is 306 cm³/mol. The Hall–Kier alpha value is -1.40. The van der Waals surface area contributed by atoms with E-state index in [1.165, 1.54) is 283 Å². The number of hydrogen-bond donors (Lipinski definition) is 3. The third-order valence-electron chi connectivity index (χ3n) is 15.1. The van der Waals surface area contributed by atoms with Gasteiger partial charge in [0.2, 0.25) is 5.91 Å². The Balaban J connectivity index is 3.42. The molecule has 0 aliphatic carbocycles. The number of carbonyl (C=O) groups is 2. The van der Waals surface area contributed by atoms with E-state index in [4.69, 9.17) is 4.74 Å². The number of ether oxygens (including phenoxy) is 1. The average molecular weight is 989 g/mol. The van der Waals surface area contributed by atoms with Crippen LogP contribution in [0.5, 0.6) is 0 Å². The molecule has 416 valence electrons. The molecule has 0 aliphatic heterocycles. The van der Waals surface area contributed by atoms with Crippen LogP contribution < -0.4 is 5.32 Å². The minimum absolute atomic E-state index is 0.00485. The molecule has 3 N–H and O–H groups in total. The van der Waals surface area contributed by atoms with Crippen molar-refractivity contribution in [3.05, 3.63) is 12.2 Å². The first kappa shape index (κ1) is 68.6. The van der Waals surface area contributed by atoms with Crippen LogP contribution in [0.25, 0.3) is 0 Å². The van der Waals surface area contributed by atoms with Crippen molar-refractivity contribution in [1.29, 1.82) is 0 Å². The first-order valence-corrected chi connectivity index (χ1v) is 31.9. The Morgan fingerprint density at radius 3 is 1.03 bits per heavy atom. The molecular weight excluding hydrogens is 863 g/mol. The van der Waals surface area contributed by atoms with Crippen LogP contribution in [0.1, 0.15) is 361 Å². The number of aliphatic hydroxyl groups excluding tert-OH is 2. The summed E-state index contributed by atoms with van der Waals surface area (Å²) in [5.41, 5.74) is 0. The number of carbonyl (C=O) groups excluding carboxylic acids is 2. The molecule has 70 heavy (non-hydrogen) atoms. The highest BCUT2D eigenvalue weighted by molar-refractivity contribution is 5.76. The van der Waals surface area contributed by atoms with Gasteiger partial charge in [-0.25, -0.2) is 0 Å². The Morgan fingerprint density at radius 1 is 0.386 bits per heavy atom. The molecular formula is C64H125NO5. The smallest absolute Gasteiger partial charge is 0.305 e. The fraction of sp³-hybridized carbons (Fsp3) is 0.938. The van der Waals surface area contributed by atoms with E-state index in [-0.39, 0.29) is 18.5 Å². The van der Waals surface area contributed by atoms with Crippen LogP contribution in [-0.4, -0.2) is 47.4 Å². The van der Waals surface area contributed by atoms with Crippen LogP contribution in [-0.2, 0) is 14.3 Å². The molecule has 0 rings (SSSR count). The lowest BCUT2D eigenvalue weighted by atomic mass is 10.0. The van der Waals surface area contributed by atoms with E-state index in [1.807, 2.05) is 0 Å². The van der Waals surface area contributed by atoms with Crippen LogP contribution in [0.3, 0.4) is 0 Å². The van der Waals surface area contributed by atoms with Gasteiger partial charge in [0, 0.05) is 12.8 Å². The Labute approximate surface area is 438 Å². The van der Waals surface area contributed by atoms with Crippen molar-refractivity contribution in [2.45, 2.75) is 373 Å². The first-order chi connectivity index (χ1) is 34.5. The van der Waals surface area contributed by atoms with Crippen LogP contribution >= 0.6 is 0 Å². The predicted octanol–water partition coefficient (Wildman–Crippen LogP) is 20.0. The number of nitrogens with one attached hydrogen (secondary N) is 1. The normalized spacial score (nSPS) is 12.6. The van der Waals surface area contributed by atoms with Gasteiger partial charge in [-0.05, 0) is 51.4 Å². The third-order valence-corrected chi connectivity index (χ3v) is 15.1. The Morgan fingerprint density at radius 2 is 0.671 bits per heavy atom. The zero-order valence-electron chi connectivity index (χ0n) is 47.5. The summed E-state index contributed by atoms with van der Waals surface area (Å²) in [6.45, 7) is 4.95. The molecule has 6 heteroatoms.